The molecular formula is C16H14N2O3. The summed E-state index contributed by atoms with van der Waals surface area (Å²) in [6.45, 7) is 0.400. The molecule has 0 radical (unpaired) electrons. The summed E-state index contributed by atoms with van der Waals surface area (Å²) in [4.78, 5) is 16.2. The molecule has 1 aromatic heterocycles. The summed E-state index contributed by atoms with van der Waals surface area (Å²) < 4.78 is 10.5. The Labute approximate surface area is 121 Å². The summed E-state index contributed by atoms with van der Waals surface area (Å²) in [5.74, 6) is 0.586. The Morgan fingerprint density at radius 1 is 1.29 bits per heavy atom. The number of hydrogen-bond acceptors (Lipinski definition) is 4. The SMILES string of the molecule is COc1ccccc1CNC(=O)c1ccc2ncoc2c1. The monoisotopic (exact) mass is 282 g/mol. The highest BCUT2D eigenvalue weighted by molar-refractivity contribution is 5.96. The van der Waals surface area contributed by atoms with Gasteiger partial charge in [0.25, 0.3) is 5.91 Å². The van der Waals surface area contributed by atoms with Crippen molar-refractivity contribution in [3.05, 3.63) is 60.0 Å². The van der Waals surface area contributed by atoms with Crippen LogP contribution in [0.3, 0.4) is 0 Å². The van der Waals surface area contributed by atoms with E-state index in [0.29, 0.717) is 17.7 Å². The molecule has 0 aliphatic heterocycles. The number of aromatic nitrogens is 1. The van der Waals surface area contributed by atoms with E-state index in [1.807, 2.05) is 24.3 Å². The lowest BCUT2D eigenvalue weighted by molar-refractivity contribution is 0.0950. The number of carbonyl (C=O) groups excluding carboxylic acids is 1. The van der Waals surface area contributed by atoms with Gasteiger partial charge in [0.2, 0.25) is 0 Å². The normalized spacial score (nSPS) is 10.5. The number of oxazole rings is 1. The fraction of sp³-hybridized carbons (Fsp3) is 0.125. The molecule has 5 heteroatoms. The second-order valence-electron chi connectivity index (χ2n) is 4.53. The number of benzene rings is 2. The number of para-hydroxylation sites is 1. The average Bonchev–Trinajstić information content (AvgIpc) is 3.00. The first-order valence-corrected chi connectivity index (χ1v) is 6.51. The van der Waals surface area contributed by atoms with Crippen molar-refractivity contribution in [2.45, 2.75) is 6.54 Å². The van der Waals surface area contributed by atoms with E-state index in [1.54, 1.807) is 25.3 Å². The molecule has 0 fully saturated rings. The van der Waals surface area contributed by atoms with E-state index in [-0.39, 0.29) is 5.91 Å². The van der Waals surface area contributed by atoms with Gasteiger partial charge in [0.05, 0.1) is 7.11 Å². The number of amides is 1. The highest BCUT2D eigenvalue weighted by Gasteiger charge is 2.09. The van der Waals surface area contributed by atoms with Gasteiger partial charge in [-0.3, -0.25) is 4.79 Å². The Hall–Kier alpha value is -2.82. The number of nitrogens with zero attached hydrogens (tertiary/aromatic N) is 1. The average molecular weight is 282 g/mol. The molecule has 0 atom stereocenters. The molecule has 0 bridgehead atoms. The van der Waals surface area contributed by atoms with Crippen LogP contribution in [0.5, 0.6) is 5.75 Å². The van der Waals surface area contributed by atoms with Gasteiger partial charge in [0.1, 0.15) is 11.3 Å². The lowest BCUT2D eigenvalue weighted by atomic mass is 10.1. The van der Waals surface area contributed by atoms with Crippen LogP contribution in [0.2, 0.25) is 0 Å². The molecule has 1 heterocycles. The molecule has 106 valence electrons. The largest absolute Gasteiger partial charge is 0.496 e. The van der Waals surface area contributed by atoms with Crippen molar-refractivity contribution >= 4 is 17.0 Å². The van der Waals surface area contributed by atoms with Gasteiger partial charge in [-0.1, -0.05) is 18.2 Å². The van der Waals surface area contributed by atoms with Gasteiger partial charge in [-0.2, -0.15) is 0 Å². The van der Waals surface area contributed by atoms with Crippen molar-refractivity contribution in [2.75, 3.05) is 7.11 Å². The van der Waals surface area contributed by atoms with Crippen LogP contribution < -0.4 is 10.1 Å². The van der Waals surface area contributed by atoms with Crippen LogP contribution in [0.25, 0.3) is 11.1 Å². The maximum absolute atomic E-state index is 12.2. The number of carbonyl (C=O) groups is 1. The van der Waals surface area contributed by atoms with Gasteiger partial charge in [-0.15, -0.1) is 0 Å². The second-order valence-corrected chi connectivity index (χ2v) is 4.53. The summed E-state index contributed by atoms with van der Waals surface area (Å²) in [6.07, 6.45) is 1.36. The van der Waals surface area contributed by atoms with Crippen LogP contribution in [-0.4, -0.2) is 18.0 Å². The summed E-state index contributed by atoms with van der Waals surface area (Å²) >= 11 is 0. The minimum atomic E-state index is -0.167. The molecule has 0 spiro atoms. The van der Waals surface area contributed by atoms with Gasteiger partial charge < -0.3 is 14.5 Å². The second kappa shape index (κ2) is 5.66. The number of nitrogens with one attached hydrogen (secondary N) is 1. The maximum atomic E-state index is 12.2. The smallest absolute Gasteiger partial charge is 0.251 e. The quantitative estimate of drug-likeness (QED) is 0.799. The molecule has 3 aromatic rings. The summed E-state index contributed by atoms with van der Waals surface area (Å²) in [7, 11) is 1.61. The predicted molar refractivity (Wildman–Crippen MR) is 78.2 cm³/mol. The number of fused-ring (bicyclic) bond motifs is 1. The van der Waals surface area contributed by atoms with E-state index in [9.17, 15) is 4.79 Å². The molecule has 2 aromatic carbocycles. The fourth-order valence-electron chi connectivity index (χ4n) is 2.12. The summed E-state index contributed by atoms with van der Waals surface area (Å²) in [5.41, 5.74) is 2.79. The van der Waals surface area contributed by atoms with Crippen LogP contribution in [0.15, 0.2) is 53.3 Å². The molecular weight excluding hydrogens is 268 g/mol. The summed E-state index contributed by atoms with van der Waals surface area (Å²) in [5, 5.41) is 2.87. The van der Waals surface area contributed by atoms with Gasteiger partial charge in [-0.05, 0) is 24.3 Å². The Morgan fingerprint density at radius 3 is 3.00 bits per heavy atom. The highest BCUT2D eigenvalue weighted by atomic mass is 16.5. The molecule has 21 heavy (non-hydrogen) atoms. The van der Waals surface area contributed by atoms with Crippen LogP contribution >= 0.6 is 0 Å². The summed E-state index contributed by atoms with van der Waals surface area (Å²) in [6, 6.07) is 12.7. The zero-order chi connectivity index (χ0) is 14.7. The van der Waals surface area contributed by atoms with E-state index in [1.165, 1.54) is 6.39 Å². The lowest BCUT2D eigenvalue weighted by Gasteiger charge is -2.09. The molecule has 0 unspecified atom stereocenters. The van der Waals surface area contributed by atoms with Crippen molar-refractivity contribution in [3.8, 4) is 5.75 Å². The minimum Gasteiger partial charge on any atom is -0.496 e. The van der Waals surface area contributed by atoms with E-state index in [2.05, 4.69) is 10.3 Å². The molecule has 0 aliphatic carbocycles. The zero-order valence-corrected chi connectivity index (χ0v) is 11.5. The van der Waals surface area contributed by atoms with Gasteiger partial charge in [0.15, 0.2) is 12.0 Å². The first kappa shape index (κ1) is 13.2. The number of ether oxygens (including phenoxy) is 1. The molecule has 1 N–H and O–H groups in total. The fourth-order valence-corrected chi connectivity index (χ4v) is 2.12. The molecule has 1 amide bonds. The Balaban J connectivity index is 1.74. The third kappa shape index (κ3) is 2.72. The van der Waals surface area contributed by atoms with E-state index >= 15 is 0 Å². The Kier molecular flexibility index (Phi) is 3.55. The number of methoxy groups -OCH3 is 1. The third-order valence-electron chi connectivity index (χ3n) is 3.23. The van der Waals surface area contributed by atoms with Gasteiger partial charge >= 0.3 is 0 Å². The van der Waals surface area contributed by atoms with E-state index < -0.39 is 0 Å². The first-order valence-electron chi connectivity index (χ1n) is 6.51. The van der Waals surface area contributed by atoms with Crippen LogP contribution in [-0.2, 0) is 6.54 Å². The molecule has 0 aliphatic rings. The Bertz CT molecular complexity index is 780. The van der Waals surface area contributed by atoms with Crippen molar-refractivity contribution in [1.82, 2.24) is 10.3 Å². The Morgan fingerprint density at radius 2 is 2.14 bits per heavy atom. The van der Waals surface area contributed by atoms with Crippen molar-refractivity contribution < 1.29 is 13.9 Å². The van der Waals surface area contributed by atoms with Crippen molar-refractivity contribution in [1.29, 1.82) is 0 Å². The standard InChI is InChI=1S/C16H14N2O3/c1-20-14-5-3-2-4-12(14)9-17-16(19)11-6-7-13-15(8-11)21-10-18-13/h2-8,10H,9H2,1H3,(H,17,19). The van der Waals surface area contributed by atoms with Crippen molar-refractivity contribution in [2.24, 2.45) is 0 Å². The predicted octanol–water partition coefficient (Wildman–Crippen LogP) is 2.77. The van der Waals surface area contributed by atoms with E-state index in [0.717, 1.165) is 16.8 Å². The molecule has 3 rings (SSSR count). The van der Waals surface area contributed by atoms with Gasteiger partial charge in [0, 0.05) is 17.7 Å². The minimum absolute atomic E-state index is 0.167. The first-order chi connectivity index (χ1) is 10.3. The van der Waals surface area contributed by atoms with E-state index in [4.69, 9.17) is 9.15 Å². The zero-order valence-electron chi connectivity index (χ0n) is 11.5. The maximum Gasteiger partial charge on any atom is 0.251 e. The number of rotatable bonds is 4. The van der Waals surface area contributed by atoms with Crippen LogP contribution in [0, 0.1) is 0 Å². The molecule has 0 saturated heterocycles. The lowest BCUT2D eigenvalue weighted by Crippen LogP contribution is -2.22. The van der Waals surface area contributed by atoms with Gasteiger partial charge in [-0.25, -0.2) is 4.98 Å². The third-order valence-corrected chi connectivity index (χ3v) is 3.23. The van der Waals surface area contributed by atoms with Crippen LogP contribution in [0.4, 0.5) is 0 Å². The van der Waals surface area contributed by atoms with Crippen molar-refractivity contribution in [3.63, 3.8) is 0 Å². The number of hydrogen-bond donors (Lipinski definition) is 1. The topological polar surface area (TPSA) is 64.4 Å². The molecule has 0 saturated carbocycles. The van der Waals surface area contributed by atoms with Crippen LogP contribution in [0.1, 0.15) is 15.9 Å². The highest BCUT2D eigenvalue weighted by Crippen LogP contribution is 2.17. The molecule has 5 nitrogen and oxygen atoms in total.